The number of nitrogens with one attached hydrogen (secondary N) is 2. The lowest BCUT2D eigenvalue weighted by Gasteiger charge is -2.32. The Balaban J connectivity index is 1.55. The minimum atomic E-state index is -0.580. The van der Waals surface area contributed by atoms with E-state index in [1.807, 2.05) is 24.5 Å². The summed E-state index contributed by atoms with van der Waals surface area (Å²) < 4.78 is 9.12. The smallest absolute Gasteiger partial charge is 0.276 e. The molecule has 4 N–H and O–H groups in total. The SMILES string of the molecule is CCn1nc(C)cc1C(=O)Nc1nc2cc(C(N)=O)cc(OC)c2n1C/C=C/CNC1CCC(N(C)C)CC1. The Bertz CT molecular complexity index is 1350. The highest BCUT2D eigenvalue weighted by atomic mass is 16.5. The largest absolute Gasteiger partial charge is 0.494 e. The Labute approximate surface area is 229 Å². The standard InChI is InChI=1S/C28H40N8O3/c1-6-36-23(15-18(2)33-36)27(38)32-28-31-22-16-19(26(29)37)17-24(39-5)25(22)35(28)14-8-7-13-30-20-9-11-21(12-10-20)34(3)4/h7-8,15-17,20-21,30H,6,9-14H2,1-5H3,(H2,29,37)(H,31,32,38)/b8-7+. The van der Waals surface area contributed by atoms with E-state index in [9.17, 15) is 9.59 Å². The van der Waals surface area contributed by atoms with Crippen LogP contribution in [0.15, 0.2) is 30.4 Å². The number of hydrogen-bond acceptors (Lipinski definition) is 7. The summed E-state index contributed by atoms with van der Waals surface area (Å²) in [7, 11) is 5.84. The van der Waals surface area contributed by atoms with E-state index in [2.05, 4.69) is 45.8 Å². The quantitative estimate of drug-likeness (QED) is 0.321. The van der Waals surface area contributed by atoms with Gasteiger partial charge in [-0.1, -0.05) is 12.2 Å². The molecule has 1 aliphatic rings. The van der Waals surface area contributed by atoms with Crippen molar-refractivity contribution in [1.82, 2.24) is 29.5 Å². The van der Waals surface area contributed by atoms with Gasteiger partial charge in [-0.25, -0.2) is 4.98 Å². The molecule has 0 spiro atoms. The van der Waals surface area contributed by atoms with Crippen LogP contribution in [0.2, 0.25) is 0 Å². The number of amides is 2. The fraction of sp³-hybridized carbons (Fsp3) is 0.500. The molecule has 0 radical (unpaired) electrons. The van der Waals surface area contributed by atoms with E-state index in [0.29, 0.717) is 53.6 Å². The van der Waals surface area contributed by atoms with Crippen LogP contribution in [-0.4, -0.2) is 75.9 Å². The lowest BCUT2D eigenvalue weighted by molar-refractivity contribution is 0.0995. The zero-order valence-electron chi connectivity index (χ0n) is 23.5. The van der Waals surface area contributed by atoms with E-state index in [1.165, 1.54) is 32.8 Å². The zero-order valence-corrected chi connectivity index (χ0v) is 23.5. The van der Waals surface area contributed by atoms with Crippen LogP contribution in [0.3, 0.4) is 0 Å². The average molecular weight is 537 g/mol. The highest BCUT2D eigenvalue weighted by Crippen LogP contribution is 2.31. The summed E-state index contributed by atoms with van der Waals surface area (Å²) in [4.78, 5) is 32.1. The molecule has 11 nitrogen and oxygen atoms in total. The van der Waals surface area contributed by atoms with Crippen LogP contribution in [0.25, 0.3) is 11.0 Å². The van der Waals surface area contributed by atoms with Gasteiger partial charge in [0.05, 0.1) is 18.3 Å². The molecule has 39 heavy (non-hydrogen) atoms. The second-order valence-corrected chi connectivity index (χ2v) is 10.2. The molecule has 11 heteroatoms. The van der Waals surface area contributed by atoms with Gasteiger partial charge in [0.15, 0.2) is 0 Å². The molecular weight excluding hydrogens is 496 g/mol. The fourth-order valence-corrected chi connectivity index (χ4v) is 5.23. The van der Waals surface area contributed by atoms with Gasteiger partial charge in [0.1, 0.15) is 17.0 Å². The van der Waals surface area contributed by atoms with Gasteiger partial charge in [-0.3, -0.25) is 19.6 Å². The number of primary amides is 1. The summed E-state index contributed by atoms with van der Waals surface area (Å²) in [5.74, 6) is -0.103. The Kier molecular flexibility index (Phi) is 9.03. The maximum Gasteiger partial charge on any atom is 0.276 e. The monoisotopic (exact) mass is 536 g/mol. The Morgan fingerprint density at radius 3 is 2.56 bits per heavy atom. The summed E-state index contributed by atoms with van der Waals surface area (Å²) >= 11 is 0. The number of methoxy groups -OCH3 is 1. The summed E-state index contributed by atoms with van der Waals surface area (Å²) in [6.07, 6.45) is 8.90. The van der Waals surface area contributed by atoms with Crippen molar-refractivity contribution in [2.45, 2.75) is 64.7 Å². The molecule has 0 atom stereocenters. The number of fused-ring (bicyclic) bond motifs is 1. The molecule has 0 unspecified atom stereocenters. The van der Waals surface area contributed by atoms with E-state index in [4.69, 9.17) is 10.5 Å². The highest BCUT2D eigenvalue weighted by Gasteiger charge is 2.22. The van der Waals surface area contributed by atoms with Gasteiger partial charge < -0.3 is 25.3 Å². The Morgan fingerprint density at radius 2 is 1.92 bits per heavy atom. The molecule has 4 rings (SSSR count). The normalized spacial score (nSPS) is 17.8. The molecule has 2 amide bonds. The number of allylic oxidation sites excluding steroid dienone is 1. The van der Waals surface area contributed by atoms with Gasteiger partial charge >= 0.3 is 0 Å². The first-order chi connectivity index (χ1) is 18.7. The van der Waals surface area contributed by atoms with E-state index in [1.54, 1.807) is 22.9 Å². The molecule has 3 aromatic rings. The molecule has 2 heterocycles. The van der Waals surface area contributed by atoms with Crippen LogP contribution in [0.4, 0.5) is 5.95 Å². The van der Waals surface area contributed by atoms with Crippen molar-refractivity contribution in [3.63, 3.8) is 0 Å². The van der Waals surface area contributed by atoms with Gasteiger partial charge in [0.25, 0.3) is 5.91 Å². The molecule has 0 saturated heterocycles. The second kappa shape index (κ2) is 12.4. The Morgan fingerprint density at radius 1 is 1.18 bits per heavy atom. The summed E-state index contributed by atoms with van der Waals surface area (Å²) in [5.41, 5.74) is 8.19. The van der Waals surface area contributed by atoms with Crippen LogP contribution < -0.4 is 21.1 Å². The zero-order chi connectivity index (χ0) is 28.1. The summed E-state index contributed by atoms with van der Waals surface area (Å²) in [6, 6.07) is 6.15. The number of nitrogens with two attached hydrogens (primary N) is 1. The molecule has 1 saturated carbocycles. The van der Waals surface area contributed by atoms with E-state index >= 15 is 0 Å². The van der Waals surface area contributed by atoms with Gasteiger partial charge in [-0.15, -0.1) is 0 Å². The van der Waals surface area contributed by atoms with E-state index < -0.39 is 5.91 Å². The van der Waals surface area contributed by atoms with Crippen LogP contribution in [0, 0.1) is 6.92 Å². The van der Waals surface area contributed by atoms with Crippen LogP contribution in [-0.2, 0) is 13.1 Å². The number of rotatable bonds is 11. The van der Waals surface area contributed by atoms with Crippen molar-refractivity contribution >= 4 is 28.8 Å². The van der Waals surface area contributed by atoms with Crippen LogP contribution in [0.1, 0.15) is 59.1 Å². The molecule has 1 aliphatic carbocycles. The maximum atomic E-state index is 13.2. The second-order valence-electron chi connectivity index (χ2n) is 10.2. The van der Waals surface area contributed by atoms with E-state index in [-0.39, 0.29) is 11.5 Å². The van der Waals surface area contributed by atoms with Gasteiger partial charge in [0, 0.05) is 37.3 Å². The Hall–Kier alpha value is -3.70. The third-order valence-electron chi connectivity index (χ3n) is 7.38. The van der Waals surface area contributed by atoms with Crippen molar-refractivity contribution in [2.75, 3.05) is 33.1 Å². The molecular formula is C28H40N8O3. The third kappa shape index (κ3) is 6.48. The topological polar surface area (TPSA) is 132 Å². The number of ether oxygens (including phenoxy) is 1. The lowest BCUT2D eigenvalue weighted by Crippen LogP contribution is -2.39. The molecule has 0 aliphatic heterocycles. The minimum absolute atomic E-state index is 0.283. The van der Waals surface area contributed by atoms with Crippen molar-refractivity contribution in [3.8, 4) is 5.75 Å². The van der Waals surface area contributed by atoms with Gasteiger partial charge in [0.2, 0.25) is 11.9 Å². The first-order valence-electron chi connectivity index (χ1n) is 13.5. The van der Waals surface area contributed by atoms with Crippen molar-refractivity contribution in [1.29, 1.82) is 0 Å². The molecule has 0 bridgehead atoms. The summed E-state index contributed by atoms with van der Waals surface area (Å²) in [6.45, 7) is 5.54. The fourth-order valence-electron chi connectivity index (χ4n) is 5.23. The van der Waals surface area contributed by atoms with Gasteiger partial charge in [-0.2, -0.15) is 5.10 Å². The number of hydrogen-bond donors (Lipinski definition) is 3. The maximum absolute atomic E-state index is 13.2. The minimum Gasteiger partial charge on any atom is -0.494 e. The molecule has 2 aromatic heterocycles. The number of nitrogens with zero attached hydrogens (tertiary/aromatic N) is 5. The van der Waals surface area contributed by atoms with Crippen LogP contribution >= 0.6 is 0 Å². The van der Waals surface area contributed by atoms with Crippen molar-refractivity contribution in [3.05, 3.63) is 47.3 Å². The number of anilines is 1. The molecule has 1 fully saturated rings. The number of imidazole rings is 1. The highest BCUT2D eigenvalue weighted by molar-refractivity contribution is 6.04. The molecule has 1 aromatic carbocycles. The predicted octanol–water partition coefficient (Wildman–Crippen LogP) is 2.94. The summed E-state index contributed by atoms with van der Waals surface area (Å²) in [5, 5.41) is 10.9. The number of aromatic nitrogens is 4. The number of carbonyl (C=O) groups is 2. The predicted molar refractivity (Wildman–Crippen MR) is 152 cm³/mol. The van der Waals surface area contributed by atoms with E-state index in [0.717, 1.165) is 12.2 Å². The molecule has 210 valence electrons. The number of carbonyl (C=O) groups excluding carboxylic acids is 2. The first-order valence-corrected chi connectivity index (χ1v) is 13.5. The third-order valence-corrected chi connectivity index (χ3v) is 7.38. The number of aryl methyl sites for hydroxylation is 2. The number of benzene rings is 1. The van der Waals surface area contributed by atoms with Gasteiger partial charge in [-0.05, 0) is 71.8 Å². The average Bonchev–Trinajstić information content (AvgIpc) is 3.47. The van der Waals surface area contributed by atoms with Crippen LogP contribution in [0.5, 0.6) is 5.75 Å². The lowest BCUT2D eigenvalue weighted by atomic mass is 9.90. The van der Waals surface area contributed by atoms with Crippen molar-refractivity contribution < 1.29 is 14.3 Å². The first kappa shape index (κ1) is 28.3. The van der Waals surface area contributed by atoms with Crippen molar-refractivity contribution in [2.24, 2.45) is 5.73 Å².